The second kappa shape index (κ2) is 5.00. The number of aliphatic hydroxyl groups excluding tert-OH is 1. The Balaban J connectivity index is 2.96. The SMILES string of the molecule is CC(C)NCc1c(CO)ccc(O)c1O. The van der Waals surface area contributed by atoms with Crippen molar-refractivity contribution in [2.45, 2.75) is 33.0 Å². The minimum atomic E-state index is -0.159. The van der Waals surface area contributed by atoms with Crippen LogP contribution >= 0.6 is 0 Å². The summed E-state index contributed by atoms with van der Waals surface area (Å²) >= 11 is 0. The summed E-state index contributed by atoms with van der Waals surface area (Å²) in [6.07, 6.45) is 0. The van der Waals surface area contributed by atoms with Crippen molar-refractivity contribution in [2.24, 2.45) is 0 Å². The summed E-state index contributed by atoms with van der Waals surface area (Å²) < 4.78 is 0. The summed E-state index contributed by atoms with van der Waals surface area (Å²) in [5, 5.41) is 31.1. The van der Waals surface area contributed by atoms with Crippen molar-refractivity contribution in [3.05, 3.63) is 23.3 Å². The fraction of sp³-hybridized carbons (Fsp3) is 0.455. The van der Waals surface area contributed by atoms with Crippen LogP contribution in [0.15, 0.2) is 12.1 Å². The lowest BCUT2D eigenvalue weighted by atomic mass is 10.1. The Morgan fingerprint density at radius 1 is 1.27 bits per heavy atom. The van der Waals surface area contributed by atoms with Crippen molar-refractivity contribution in [2.75, 3.05) is 0 Å². The van der Waals surface area contributed by atoms with E-state index in [2.05, 4.69) is 5.32 Å². The normalized spacial score (nSPS) is 10.9. The topological polar surface area (TPSA) is 72.7 Å². The molecule has 1 rings (SSSR count). The van der Waals surface area contributed by atoms with Crippen LogP contribution in [0.2, 0.25) is 0 Å². The molecule has 0 aliphatic rings. The van der Waals surface area contributed by atoms with E-state index in [1.54, 1.807) is 6.07 Å². The zero-order valence-electron chi connectivity index (χ0n) is 8.99. The van der Waals surface area contributed by atoms with Gasteiger partial charge in [0.25, 0.3) is 0 Å². The number of phenolic OH excluding ortho intramolecular Hbond substituents is 2. The summed E-state index contributed by atoms with van der Waals surface area (Å²) in [6.45, 7) is 4.24. The van der Waals surface area contributed by atoms with Crippen molar-refractivity contribution in [1.29, 1.82) is 0 Å². The number of hydrogen-bond acceptors (Lipinski definition) is 4. The van der Waals surface area contributed by atoms with Gasteiger partial charge in [-0.25, -0.2) is 0 Å². The lowest BCUT2D eigenvalue weighted by molar-refractivity contribution is 0.278. The third kappa shape index (κ3) is 2.84. The van der Waals surface area contributed by atoms with Gasteiger partial charge in [-0.15, -0.1) is 0 Å². The smallest absolute Gasteiger partial charge is 0.162 e. The minimum absolute atomic E-state index is 0.150. The number of benzene rings is 1. The molecule has 0 atom stereocenters. The highest BCUT2D eigenvalue weighted by Gasteiger charge is 2.11. The van der Waals surface area contributed by atoms with Crippen molar-refractivity contribution in [1.82, 2.24) is 5.32 Å². The van der Waals surface area contributed by atoms with E-state index in [-0.39, 0.29) is 24.1 Å². The van der Waals surface area contributed by atoms with Crippen molar-refractivity contribution >= 4 is 0 Å². The second-order valence-electron chi connectivity index (χ2n) is 3.76. The van der Waals surface area contributed by atoms with Crippen LogP contribution in [0, 0.1) is 0 Å². The molecule has 84 valence electrons. The fourth-order valence-corrected chi connectivity index (χ4v) is 1.32. The molecule has 0 heterocycles. The molecule has 0 radical (unpaired) electrons. The number of nitrogens with one attached hydrogen (secondary N) is 1. The molecule has 1 aromatic carbocycles. The first kappa shape index (κ1) is 11.8. The summed E-state index contributed by atoms with van der Waals surface area (Å²) in [6, 6.07) is 3.25. The Hall–Kier alpha value is -1.26. The lowest BCUT2D eigenvalue weighted by Gasteiger charge is -2.13. The molecule has 4 N–H and O–H groups in total. The van der Waals surface area contributed by atoms with E-state index in [0.29, 0.717) is 17.7 Å². The fourth-order valence-electron chi connectivity index (χ4n) is 1.32. The number of phenols is 2. The maximum Gasteiger partial charge on any atom is 0.162 e. The maximum atomic E-state index is 9.62. The van der Waals surface area contributed by atoms with Gasteiger partial charge in [0.1, 0.15) is 0 Å². The van der Waals surface area contributed by atoms with E-state index in [4.69, 9.17) is 5.11 Å². The van der Waals surface area contributed by atoms with Crippen LogP contribution in [-0.2, 0) is 13.2 Å². The van der Waals surface area contributed by atoms with Gasteiger partial charge in [-0.1, -0.05) is 19.9 Å². The lowest BCUT2D eigenvalue weighted by Crippen LogP contribution is -2.22. The molecule has 0 aromatic heterocycles. The molecule has 0 fully saturated rings. The molecule has 0 bridgehead atoms. The molecule has 0 aliphatic carbocycles. The van der Waals surface area contributed by atoms with E-state index in [0.717, 1.165) is 0 Å². The molecule has 0 saturated carbocycles. The molecule has 1 aromatic rings. The van der Waals surface area contributed by atoms with Gasteiger partial charge in [0, 0.05) is 18.2 Å². The first-order valence-electron chi connectivity index (χ1n) is 4.93. The number of hydrogen-bond donors (Lipinski definition) is 4. The first-order chi connectivity index (χ1) is 7.06. The number of rotatable bonds is 4. The van der Waals surface area contributed by atoms with Crippen molar-refractivity contribution < 1.29 is 15.3 Å². The van der Waals surface area contributed by atoms with Crippen molar-refractivity contribution in [3.8, 4) is 11.5 Å². The molecule has 0 aliphatic heterocycles. The van der Waals surface area contributed by atoms with Gasteiger partial charge in [-0.05, 0) is 11.6 Å². The van der Waals surface area contributed by atoms with E-state index in [1.165, 1.54) is 6.07 Å². The van der Waals surface area contributed by atoms with E-state index < -0.39 is 0 Å². The summed E-state index contributed by atoms with van der Waals surface area (Å²) in [5.41, 5.74) is 1.17. The minimum Gasteiger partial charge on any atom is -0.504 e. The Morgan fingerprint density at radius 2 is 1.93 bits per heavy atom. The Labute approximate surface area is 89.2 Å². The van der Waals surface area contributed by atoms with Crippen LogP contribution < -0.4 is 5.32 Å². The zero-order valence-corrected chi connectivity index (χ0v) is 8.99. The largest absolute Gasteiger partial charge is 0.504 e. The van der Waals surface area contributed by atoms with Gasteiger partial charge in [-0.3, -0.25) is 0 Å². The quantitative estimate of drug-likeness (QED) is 0.562. The van der Waals surface area contributed by atoms with Gasteiger partial charge >= 0.3 is 0 Å². The molecule has 15 heavy (non-hydrogen) atoms. The standard InChI is InChI=1S/C11H17NO3/c1-7(2)12-5-9-8(6-13)3-4-10(14)11(9)15/h3-4,7,12-15H,5-6H2,1-2H3. The summed E-state index contributed by atoms with van der Waals surface area (Å²) in [7, 11) is 0. The molecule has 0 spiro atoms. The third-order valence-electron chi connectivity index (χ3n) is 2.22. The average Bonchev–Trinajstić information content (AvgIpc) is 2.20. The van der Waals surface area contributed by atoms with E-state index >= 15 is 0 Å². The molecular weight excluding hydrogens is 194 g/mol. The maximum absolute atomic E-state index is 9.62. The van der Waals surface area contributed by atoms with Gasteiger partial charge in [0.2, 0.25) is 0 Å². The molecule has 0 amide bonds. The average molecular weight is 211 g/mol. The second-order valence-corrected chi connectivity index (χ2v) is 3.76. The highest BCUT2D eigenvalue weighted by Crippen LogP contribution is 2.31. The van der Waals surface area contributed by atoms with Crippen LogP contribution in [-0.4, -0.2) is 21.4 Å². The van der Waals surface area contributed by atoms with E-state index in [9.17, 15) is 10.2 Å². The molecule has 4 nitrogen and oxygen atoms in total. The Bertz CT molecular complexity index is 337. The number of aromatic hydroxyl groups is 2. The van der Waals surface area contributed by atoms with Crippen LogP contribution in [0.25, 0.3) is 0 Å². The number of aliphatic hydroxyl groups is 1. The zero-order chi connectivity index (χ0) is 11.4. The summed E-state index contributed by atoms with van der Waals surface area (Å²) in [5.74, 6) is -0.317. The predicted octanol–water partition coefficient (Wildman–Crippen LogP) is 1.09. The Morgan fingerprint density at radius 3 is 2.47 bits per heavy atom. The van der Waals surface area contributed by atoms with Crippen LogP contribution in [0.1, 0.15) is 25.0 Å². The monoisotopic (exact) mass is 211 g/mol. The molecule has 0 unspecified atom stereocenters. The molecular formula is C11H17NO3. The van der Waals surface area contributed by atoms with Crippen LogP contribution in [0.3, 0.4) is 0 Å². The highest BCUT2D eigenvalue weighted by atomic mass is 16.3. The predicted molar refractivity (Wildman–Crippen MR) is 57.7 cm³/mol. The van der Waals surface area contributed by atoms with Crippen molar-refractivity contribution in [3.63, 3.8) is 0 Å². The Kier molecular flexibility index (Phi) is 3.94. The molecule has 4 heteroatoms. The van der Waals surface area contributed by atoms with Crippen LogP contribution in [0.5, 0.6) is 11.5 Å². The molecule has 0 saturated heterocycles. The third-order valence-corrected chi connectivity index (χ3v) is 2.22. The highest BCUT2D eigenvalue weighted by molar-refractivity contribution is 5.48. The van der Waals surface area contributed by atoms with Crippen LogP contribution in [0.4, 0.5) is 0 Å². The van der Waals surface area contributed by atoms with Gasteiger partial charge in [0.15, 0.2) is 11.5 Å². The summed E-state index contributed by atoms with van der Waals surface area (Å²) in [4.78, 5) is 0. The van der Waals surface area contributed by atoms with Gasteiger partial charge < -0.3 is 20.6 Å². The van der Waals surface area contributed by atoms with E-state index in [1.807, 2.05) is 13.8 Å². The van der Waals surface area contributed by atoms with Gasteiger partial charge in [0.05, 0.1) is 6.61 Å². The first-order valence-corrected chi connectivity index (χ1v) is 4.93. The van der Waals surface area contributed by atoms with Gasteiger partial charge in [-0.2, -0.15) is 0 Å².